The second-order valence-electron chi connectivity index (χ2n) is 3.95. The molecule has 0 radical (unpaired) electrons. The van der Waals surface area contributed by atoms with Gasteiger partial charge in [-0.1, -0.05) is 20.8 Å². The summed E-state index contributed by atoms with van der Waals surface area (Å²) >= 11 is 0. The lowest BCUT2D eigenvalue weighted by Crippen LogP contribution is -2.27. The molecule has 0 aromatic heterocycles. The van der Waals surface area contributed by atoms with Crippen LogP contribution in [0.1, 0.15) is 40.0 Å². The number of Topliss-reactive ketones (excluding diaryl/α,β-unsaturated/α-hetero) is 1. The Hall–Kier alpha value is -0.370. The van der Waals surface area contributed by atoms with Crippen LogP contribution in [0.5, 0.6) is 0 Å². The topological polar surface area (TPSA) is 39.0 Å². The van der Waals surface area contributed by atoms with Crippen molar-refractivity contribution >= 4 is 5.78 Å². The van der Waals surface area contributed by atoms with Gasteiger partial charge in [-0.25, -0.2) is 0 Å². The van der Waals surface area contributed by atoms with E-state index in [-0.39, 0.29) is 5.92 Å². The lowest BCUT2D eigenvalue weighted by molar-refractivity contribution is -0.127. The summed E-state index contributed by atoms with van der Waals surface area (Å²) in [4.78, 5) is 12.0. The second kappa shape index (κ2) is 4.75. The maximum Gasteiger partial charge on any atom is 0.140 e. The average molecular weight is 183 g/mol. The van der Waals surface area contributed by atoms with Gasteiger partial charge in [-0.15, -0.1) is 0 Å². The van der Waals surface area contributed by atoms with Crippen LogP contribution in [0.3, 0.4) is 0 Å². The molecule has 76 valence electrons. The Morgan fingerprint density at radius 3 is 2.15 bits per heavy atom. The van der Waals surface area contributed by atoms with Crippen molar-refractivity contribution < 1.29 is 4.79 Å². The van der Waals surface area contributed by atoms with E-state index in [0.29, 0.717) is 17.7 Å². The van der Waals surface area contributed by atoms with E-state index in [1.165, 1.54) is 0 Å². The van der Waals surface area contributed by atoms with E-state index >= 15 is 0 Å². The minimum Gasteiger partial charge on any atom is -0.310 e. The first-order valence-corrected chi connectivity index (χ1v) is 5.51. The summed E-state index contributed by atoms with van der Waals surface area (Å²) in [5, 5.41) is 3.25. The van der Waals surface area contributed by atoms with Crippen LogP contribution < -0.4 is 5.32 Å². The van der Waals surface area contributed by atoms with Crippen molar-refractivity contribution in [2.45, 2.75) is 46.1 Å². The molecule has 2 nitrogen and oxygen atoms in total. The van der Waals surface area contributed by atoms with Gasteiger partial charge < -0.3 is 5.32 Å². The van der Waals surface area contributed by atoms with Gasteiger partial charge in [0, 0.05) is 24.4 Å². The molecule has 1 heterocycles. The van der Waals surface area contributed by atoms with Gasteiger partial charge in [-0.3, -0.25) is 4.79 Å². The molecule has 1 fully saturated rings. The number of nitrogens with one attached hydrogen (secondary N) is 1. The van der Waals surface area contributed by atoms with Crippen LogP contribution in [0.2, 0.25) is 0 Å². The maximum absolute atomic E-state index is 12.0. The molecule has 1 N–H and O–H groups in total. The average Bonchev–Trinajstić information content (AvgIpc) is 2.92. The summed E-state index contributed by atoms with van der Waals surface area (Å²) in [6.07, 6.45) is 2.99. The van der Waals surface area contributed by atoms with E-state index in [1.54, 1.807) is 0 Å². The highest BCUT2D eigenvalue weighted by molar-refractivity contribution is 5.84. The van der Waals surface area contributed by atoms with Gasteiger partial charge in [-0.05, 0) is 19.3 Å². The first-order chi connectivity index (χ1) is 6.24. The minimum atomic E-state index is 0.282. The lowest BCUT2D eigenvalue weighted by atomic mass is 9.85. The summed E-state index contributed by atoms with van der Waals surface area (Å²) in [6.45, 7) is 7.38. The molecule has 2 unspecified atom stereocenters. The third-order valence-electron chi connectivity index (χ3n) is 3.12. The normalized spacial score (nSPS) is 23.2. The Bertz CT molecular complexity index is 171. The zero-order chi connectivity index (χ0) is 9.84. The van der Waals surface area contributed by atoms with Gasteiger partial charge in [0.25, 0.3) is 0 Å². The molecule has 0 saturated carbocycles. The van der Waals surface area contributed by atoms with Crippen LogP contribution in [0, 0.1) is 11.8 Å². The Labute approximate surface area is 81.1 Å². The number of carbonyl (C=O) groups is 1. The second-order valence-corrected chi connectivity index (χ2v) is 3.95. The van der Waals surface area contributed by atoms with Crippen LogP contribution in [0.15, 0.2) is 0 Å². The van der Waals surface area contributed by atoms with Crippen molar-refractivity contribution in [1.82, 2.24) is 5.32 Å². The fourth-order valence-electron chi connectivity index (χ4n) is 2.03. The molecule has 1 rings (SSSR count). The summed E-state index contributed by atoms with van der Waals surface area (Å²) in [7, 11) is 0. The van der Waals surface area contributed by atoms with E-state index in [9.17, 15) is 4.79 Å². The first kappa shape index (κ1) is 10.7. The standard InChI is InChI=1S/C11H21NO/c1-4-8(5-2)11(13)9(6-3)10-7-12-10/h8-10,12H,4-7H2,1-3H3. The smallest absolute Gasteiger partial charge is 0.140 e. The van der Waals surface area contributed by atoms with Crippen LogP contribution in [0.4, 0.5) is 0 Å². The van der Waals surface area contributed by atoms with Crippen molar-refractivity contribution in [3.8, 4) is 0 Å². The zero-order valence-electron chi connectivity index (χ0n) is 8.97. The molecule has 1 aliphatic heterocycles. The number of hydrogen-bond acceptors (Lipinski definition) is 2. The molecule has 1 aliphatic rings. The third kappa shape index (κ3) is 2.53. The Balaban J connectivity index is 2.50. The van der Waals surface area contributed by atoms with Crippen molar-refractivity contribution in [2.75, 3.05) is 6.54 Å². The Kier molecular flexibility index (Phi) is 3.91. The highest BCUT2D eigenvalue weighted by Crippen LogP contribution is 2.23. The van der Waals surface area contributed by atoms with Gasteiger partial charge in [0.2, 0.25) is 0 Å². The van der Waals surface area contributed by atoms with E-state index < -0.39 is 0 Å². The fourth-order valence-corrected chi connectivity index (χ4v) is 2.03. The number of carbonyl (C=O) groups excluding carboxylic acids is 1. The van der Waals surface area contributed by atoms with Gasteiger partial charge in [0.1, 0.15) is 5.78 Å². The maximum atomic E-state index is 12.0. The molecule has 0 spiro atoms. The molecule has 2 atom stereocenters. The largest absolute Gasteiger partial charge is 0.310 e. The summed E-state index contributed by atoms with van der Waals surface area (Å²) in [6, 6.07) is 0.498. The van der Waals surface area contributed by atoms with Crippen LogP contribution in [0.25, 0.3) is 0 Å². The monoisotopic (exact) mass is 183 g/mol. The van der Waals surface area contributed by atoms with Gasteiger partial charge in [-0.2, -0.15) is 0 Å². The van der Waals surface area contributed by atoms with Crippen LogP contribution in [-0.2, 0) is 4.79 Å². The van der Waals surface area contributed by atoms with Gasteiger partial charge in [0.05, 0.1) is 0 Å². The van der Waals surface area contributed by atoms with E-state index in [4.69, 9.17) is 0 Å². The molecule has 13 heavy (non-hydrogen) atoms. The van der Waals surface area contributed by atoms with E-state index in [2.05, 4.69) is 26.1 Å². The molecular weight excluding hydrogens is 162 g/mol. The highest BCUT2D eigenvalue weighted by Gasteiger charge is 2.36. The molecular formula is C11H21NO. The van der Waals surface area contributed by atoms with E-state index in [0.717, 1.165) is 25.8 Å². The number of ketones is 1. The zero-order valence-corrected chi connectivity index (χ0v) is 8.97. The molecule has 0 amide bonds. The molecule has 0 aliphatic carbocycles. The molecule has 0 bridgehead atoms. The van der Waals surface area contributed by atoms with Crippen LogP contribution >= 0.6 is 0 Å². The molecule has 0 aromatic rings. The quantitative estimate of drug-likeness (QED) is 0.640. The SMILES string of the molecule is CCC(CC)C(=O)C(CC)C1CN1. The first-order valence-electron chi connectivity index (χ1n) is 5.51. The van der Waals surface area contributed by atoms with Gasteiger partial charge >= 0.3 is 0 Å². The number of hydrogen-bond donors (Lipinski definition) is 1. The summed E-state index contributed by atoms with van der Waals surface area (Å²) < 4.78 is 0. The minimum absolute atomic E-state index is 0.282. The molecule has 2 heteroatoms. The Morgan fingerprint density at radius 2 is 1.85 bits per heavy atom. The summed E-state index contributed by atoms with van der Waals surface area (Å²) in [5.74, 6) is 1.07. The lowest BCUT2D eigenvalue weighted by Gasteiger charge is -2.18. The third-order valence-corrected chi connectivity index (χ3v) is 3.12. The predicted molar refractivity (Wildman–Crippen MR) is 54.7 cm³/mol. The molecule has 0 aromatic carbocycles. The predicted octanol–water partition coefficient (Wildman–Crippen LogP) is 1.99. The summed E-state index contributed by atoms with van der Waals surface area (Å²) in [5.41, 5.74) is 0. The van der Waals surface area contributed by atoms with Crippen molar-refractivity contribution in [1.29, 1.82) is 0 Å². The van der Waals surface area contributed by atoms with Crippen molar-refractivity contribution in [3.63, 3.8) is 0 Å². The molecule has 1 saturated heterocycles. The van der Waals surface area contributed by atoms with Crippen molar-refractivity contribution in [2.24, 2.45) is 11.8 Å². The fraction of sp³-hybridized carbons (Fsp3) is 0.909. The van der Waals surface area contributed by atoms with Crippen molar-refractivity contribution in [3.05, 3.63) is 0 Å². The van der Waals surface area contributed by atoms with E-state index in [1.807, 2.05) is 0 Å². The Morgan fingerprint density at radius 1 is 1.31 bits per heavy atom. The highest BCUT2D eigenvalue weighted by atomic mass is 16.1. The van der Waals surface area contributed by atoms with Crippen LogP contribution in [-0.4, -0.2) is 18.4 Å². The van der Waals surface area contributed by atoms with Gasteiger partial charge in [0.15, 0.2) is 0 Å². The number of rotatable bonds is 6.